The lowest BCUT2D eigenvalue weighted by atomic mass is 10.1. The van der Waals surface area contributed by atoms with E-state index in [2.05, 4.69) is 5.32 Å². The molecule has 0 bridgehead atoms. The number of alkyl halides is 1. The number of benzene rings is 1. The Bertz CT molecular complexity index is 719. The highest BCUT2D eigenvalue weighted by Crippen LogP contribution is 2.03. The topological polar surface area (TPSA) is 146 Å². The molecule has 0 heterocycles. The van der Waals surface area contributed by atoms with Gasteiger partial charge in [0.1, 0.15) is 25.4 Å². The second-order valence-electron chi connectivity index (χ2n) is 5.38. The molecule has 0 saturated heterocycles. The first-order valence-electron chi connectivity index (χ1n) is 7.82. The zero-order valence-electron chi connectivity index (χ0n) is 14.2. The minimum atomic E-state index is -1.61. The van der Waals surface area contributed by atoms with E-state index in [1.54, 1.807) is 36.4 Å². The van der Waals surface area contributed by atoms with Crippen LogP contribution in [0.3, 0.4) is 0 Å². The number of hydrogen-bond donors (Lipinski definition) is 3. The van der Waals surface area contributed by atoms with E-state index in [1.807, 2.05) is 5.32 Å². The van der Waals surface area contributed by atoms with Gasteiger partial charge < -0.3 is 20.5 Å². The number of carbonyl (C=O) groups excluding carboxylic acids is 3. The van der Waals surface area contributed by atoms with E-state index in [0.29, 0.717) is 5.56 Å². The van der Waals surface area contributed by atoms with Crippen LogP contribution < -0.4 is 10.6 Å². The van der Waals surface area contributed by atoms with Gasteiger partial charge in [0.2, 0.25) is 5.91 Å². The van der Waals surface area contributed by atoms with Crippen LogP contribution in [0.2, 0.25) is 0 Å². The monoisotopic (exact) mass is 379 g/mol. The Morgan fingerprint density at radius 2 is 1.81 bits per heavy atom. The second kappa shape index (κ2) is 11.2. The van der Waals surface area contributed by atoms with Gasteiger partial charge >= 0.3 is 12.1 Å². The Balaban J connectivity index is 2.67. The zero-order chi connectivity index (χ0) is 20.2. The van der Waals surface area contributed by atoms with Crippen molar-refractivity contribution in [1.29, 1.82) is 5.26 Å². The molecule has 2 atom stereocenters. The number of alkyl carbamates (subject to hydrolysis) is 1. The molecule has 0 fully saturated rings. The molecule has 9 nitrogen and oxygen atoms in total. The maximum absolute atomic E-state index is 12.5. The molecule has 144 valence electrons. The van der Waals surface area contributed by atoms with Crippen LogP contribution in [0.1, 0.15) is 18.4 Å². The summed E-state index contributed by atoms with van der Waals surface area (Å²) in [5.41, 5.74) is 0.698. The van der Waals surface area contributed by atoms with Gasteiger partial charge in [-0.05, 0) is 5.56 Å². The van der Waals surface area contributed by atoms with E-state index in [1.165, 1.54) is 0 Å². The smallest absolute Gasteiger partial charge is 0.408 e. The number of ether oxygens (including phenoxy) is 1. The first-order chi connectivity index (χ1) is 12.9. The van der Waals surface area contributed by atoms with Crippen molar-refractivity contribution < 1.29 is 33.4 Å². The van der Waals surface area contributed by atoms with Gasteiger partial charge in [-0.15, -0.1) is 0 Å². The first kappa shape index (κ1) is 21.6. The molecule has 0 aromatic heterocycles. The molecule has 2 unspecified atom stereocenters. The Morgan fingerprint density at radius 1 is 1.15 bits per heavy atom. The number of amides is 2. The number of aliphatic carboxylic acids is 1. The number of halogens is 1. The first-order valence-corrected chi connectivity index (χ1v) is 7.82. The molecule has 1 aromatic rings. The van der Waals surface area contributed by atoms with Crippen molar-refractivity contribution in [3.05, 3.63) is 35.9 Å². The van der Waals surface area contributed by atoms with Gasteiger partial charge in [0.15, 0.2) is 5.78 Å². The fraction of sp³-hybridized carbons (Fsp3) is 0.353. The van der Waals surface area contributed by atoms with Crippen LogP contribution in [0.4, 0.5) is 9.18 Å². The van der Waals surface area contributed by atoms with Gasteiger partial charge in [-0.25, -0.2) is 9.18 Å². The molecule has 0 radical (unpaired) electrons. The third kappa shape index (κ3) is 7.96. The lowest BCUT2D eigenvalue weighted by Crippen LogP contribution is -2.52. The third-order valence-corrected chi connectivity index (χ3v) is 3.33. The fourth-order valence-electron chi connectivity index (χ4n) is 1.99. The van der Waals surface area contributed by atoms with E-state index >= 15 is 0 Å². The van der Waals surface area contributed by atoms with Crippen molar-refractivity contribution in [2.24, 2.45) is 0 Å². The van der Waals surface area contributed by atoms with Crippen molar-refractivity contribution in [2.75, 3.05) is 6.67 Å². The lowest BCUT2D eigenvalue weighted by Gasteiger charge is -2.19. The van der Waals surface area contributed by atoms with Crippen LogP contribution in [-0.4, -0.2) is 47.6 Å². The molecule has 27 heavy (non-hydrogen) atoms. The molecule has 0 aliphatic carbocycles. The average molecular weight is 379 g/mol. The van der Waals surface area contributed by atoms with Crippen molar-refractivity contribution in [3.63, 3.8) is 0 Å². The van der Waals surface area contributed by atoms with Crippen LogP contribution in [0.25, 0.3) is 0 Å². The molecule has 0 spiro atoms. The standard InChI is InChI=1S/C17H18FN3O6/c18-9-14(22)13(8-15(23)24)20-16(25)12(6-7-19)21-17(26)27-10-11-4-2-1-3-5-11/h1-5,12-13H,6,8-10H2,(H,20,25)(H,21,26)(H,23,24). The Kier molecular flexibility index (Phi) is 8.94. The van der Waals surface area contributed by atoms with Crippen LogP contribution in [-0.2, 0) is 25.7 Å². The summed E-state index contributed by atoms with van der Waals surface area (Å²) in [4.78, 5) is 46.1. The second-order valence-corrected chi connectivity index (χ2v) is 5.38. The fourth-order valence-corrected chi connectivity index (χ4v) is 1.99. The van der Waals surface area contributed by atoms with Crippen molar-refractivity contribution in [1.82, 2.24) is 10.6 Å². The number of nitrogens with zero attached hydrogens (tertiary/aromatic N) is 1. The molecular weight excluding hydrogens is 361 g/mol. The SMILES string of the molecule is N#CCC(NC(=O)OCc1ccccc1)C(=O)NC(CC(=O)O)C(=O)CF. The number of nitrogens with one attached hydrogen (secondary N) is 2. The number of carboxylic acid groups (broad SMARTS) is 1. The summed E-state index contributed by atoms with van der Waals surface area (Å²) in [5, 5.41) is 21.7. The molecule has 3 N–H and O–H groups in total. The summed E-state index contributed by atoms with van der Waals surface area (Å²) in [6.07, 6.45) is -2.27. The van der Waals surface area contributed by atoms with Gasteiger partial charge in [0, 0.05) is 0 Å². The number of nitriles is 1. The molecule has 0 aliphatic heterocycles. The van der Waals surface area contributed by atoms with Gasteiger partial charge in [-0.3, -0.25) is 14.4 Å². The molecule has 2 amide bonds. The molecule has 1 rings (SSSR count). The quantitative estimate of drug-likeness (QED) is 0.542. The molecule has 0 aliphatic rings. The number of ketones is 1. The normalized spacial score (nSPS) is 12.1. The van der Waals surface area contributed by atoms with Crippen LogP contribution in [0, 0.1) is 11.3 Å². The van der Waals surface area contributed by atoms with E-state index < -0.39 is 55.4 Å². The lowest BCUT2D eigenvalue weighted by molar-refractivity contribution is -0.140. The van der Waals surface area contributed by atoms with Crippen LogP contribution in [0.5, 0.6) is 0 Å². The highest BCUT2D eigenvalue weighted by atomic mass is 19.1. The Morgan fingerprint density at radius 3 is 2.37 bits per heavy atom. The highest BCUT2D eigenvalue weighted by Gasteiger charge is 2.28. The molecule has 0 saturated carbocycles. The third-order valence-electron chi connectivity index (χ3n) is 3.33. The van der Waals surface area contributed by atoms with Crippen LogP contribution in [0.15, 0.2) is 30.3 Å². The van der Waals surface area contributed by atoms with E-state index in [4.69, 9.17) is 15.1 Å². The number of carboxylic acids is 1. The summed E-state index contributed by atoms with van der Waals surface area (Å²) in [7, 11) is 0. The highest BCUT2D eigenvalue weighted by molar-refractivity contribution is 5.94. The van der Waals surface area contributed by atoms with Crippen molar-refractivity contribution in [3.8, 4) is 6.07 Å². The number of hydrogen-bond acceptors (Lipinski definition) is 6. The predicted molar refractivity (Wildman–Crippen MR) is 88.9 cm³/mol. The zero-order valence-corrected chi connectivity index (χ0v) is 14.2. The Labute approximate surface area is 154 Å². The minimum absolute atomic E-state index is 0.0739. The maximum atomic E-state index is 12.5. The Hall–Kier alpha value is -3.48. The van der Waals surface area contributed by atoms with Crippen LogP contribution >= 0.6 is 0 Å². The van der Waals surface area contributed by atoms with Gasteiger partial charge in [0.25, 0.3) is 0 Å². The largest absolute Gasteiger partial charge is 0.481 e. The predicted octanol–water partition coefficient (Wildman–Crippen LogP) is 0.693. The number of Topliss-reactive ketones (excluding diaryl/α,β-unsaturated/α-hetero) is 1. The maximum Gasteiger partial charge on any atom is 0.408 e. The van der Waals surface area contributed by atoms with E-state index in [0.717, 1.165) is 0 Å². The molecule has 10 heteroatoms. The van der Waals surface area contributed by atoms with E-state index in [9.17, 15) is 23.6 Å². The average Bonchev–Trinajstić information content (AvgIpc) is 2.65. The van der Waals surface area contributed by atoms with Crippen molar-refractivity contribution >= 4 is 23.8 Å². The summed E-state index contributed by atoms with van der Waals surface area (Å²) >= 11 is 0. The molecule has 1 aromatic carbocycles. The number of rotatable bonds is 10. The summed E-state index contributed by atoms with van der Waals surface area (Å²) in [5.74, 6) is -3.55. The summed E-state index contributed by atoms with van der Waals surface area (Å²) in [6, 6.07) is 7.36. The van der Waals surface area contributed by atoms with Crippen molar-refractivity contribution in [2.45, 2.75) is 31.5 Å². The molecular formula is C17H18FN3O6. The van der Waals surface area contributed by atoms with Gasteiger partial charge in [-0.2, -0.15) is 5.26 Å². The summed E-state index contributed by atoms with van der Waals surface area (Å²) in [6.45, 7) is -1.54. The van der Waals surface area contributed by atoms with E-state index in [-0.39, 0.29) is 6.61 Å². The minimum Gasteiger partial charge on any atom is -0.481 e. The van der Waals surface area contributed by atoms with Gasteiger partial charge in [-0.1, -0.05) is 30.3 Å². The summed E-state index contributed by atoms with van der Waals surface area (Å²) < 4.78 is 17.5. The van der Waals surface area contributed by atoms with Gasteiger partial charge in [0.05, 0.1) is 18.9 Å². The number of carbonyl (C=O) groups is 4.